The first kappa shape index (κ1) is 21.3. The fourth-order valence-electron chi connectivity index (χ4n) is 2.91. The minimum Gasteiger partial charge on any atom is -0.484 e. The van der Waals surface area contributed by atoms with Crippen molar-refractivity contribution in [3.8, 4) is 16.3 Å². The molecule has 3 aromatic rings. The standard InChI is InChI=1S/C23H22ClN3O3S/c24-17-5-3-16(4-6-17)23-27-20(14-31-23)22(29)25-12-11-15-1-9-19(10-2-15)30-13-21(28)26-18-7-8-18/h1-6,9-10,14,18H,7-8,11-13H2,(H,25,29)(H,26,28). The summed E-state index contributed by atoms with van der Waals surface area (Å²) in [4.78, 5) is 28.5. The van der Waals surface area contributed by atoms with E-state index >= 15 is 0 Å². The van der Waals surface area contributed by atoms with Crippen LogP contribution in [0, 0.1) is 0 Å². The Bertz CT molecular complexity index is 1050. The van der Waals surface area contributed by atoms with Crippen LogP contribution in [-0.4, -0.2) is 36.0 Å². The van der Waals surface area contributed by atoms with Crippen molar-refractivity contribution in [1.82, 2.24) is 15.6 Å². The van der Waals surface area contributed by atoms with Crippen molar-refractivity contribution in [2.45, 2.75) is 25.3 Å². The molecule has 2 amide bonds. The Balaban J connectivity index is 1.21. The van der Waals surface area contributed by atoms with E-state index in [4.69, 9.17) is 16.3 Å². The molecule has 0 saturated heterocycles. The lowest BCUT2D eigenvalue weighted by Gasteiger charge is -2.08. The van der Waals surface area contributed by atoms with Gasteiger partial charge in [-0.25, -0.2) is 4.98 Å². The van der Waals surface area contributed by atoms with E-state index in [-0.39, 0.29) is 18.4 Å². The molecule has 0 unspecified atom stereocenters. The second-order valence-corrected chi connectivity index (χ2v) is 8.62. The molecular weight excluding hydrogens is 434 g/mol. The highest BCUT2D eigenvalue weighted by molar-refractivity contribution is 7.13. The van der Waals surface area contributed by atoms with Crippen LogP contribution < -0.4 is 15.4 Å². The first-order chi connectivity index (χ1) is 15.1. The van der Waals surface area contributed by atoms with Gasteiger partial charge in [0.25, 0.3) is 11.8 Å². The normalized spacial score (nSPS) is 12.9. The number of amides is 2. The molecule has 2 N–H and O–H groups in total. The van der Waals surface area contributed by atoms with E-state index < -0.39 is 0 Å². The first-order valence-electron chi connectivity index (χ1n) is 10.1. The predicted octanol–water partition coefficient (Wildman–Crippen LogP) is 4.09. The quantitative estimate of drug-likeness (QED) is 0.509. The summed E-state index contributed by atoms with van der Waals surface area (Å²) in [7, 11) is 0. The molecule has 6 nitrogen and oxygen atoms in total. The molecule has 1 aromatic heterocycles. The highest BCUT2D eigenvalue weighted by atomic mass is 35.5. The number of halogens is 1. The molecular formula is C23H22ClN3O3S. The van der Waals surface area contributed by atoms with Gasteiger partial charge < -0.3 is 15.4 Å². The molecule has 160 valence electrons. The number of carbonyl (C=O) groups is 2. The Morgan fingerprint density at radius 1 is 1.10 bits per heavy atom. The number of carbonyl (C=O) groups excluding carboxylic acids is 2. The van der Waals surface area contributed by atoms with Gasteiger partial charge in [0.05, 0.1) is 0 Å². The van der Waals surface area contributed by atoms with Gasteiger partial charge >= 0.3 is 0 Å². The van der Waals surface area contributed by atoms with Gasteiger partial charge in [0.15, 0.2) is 6.61 Å². The van der Waals surface area contributed by atoms with Gasteiger partial charge in [-0.15, -0.1) is 11.3 Å². The number of aromatic nitrogens is 1. The maximum Gasteiger partial charge on any atom is 0.270 e. The second-order valence-electron chi connectivity index (χ2n) is 7.33. The fourth-order valence-corrected chi connectivity index (χ4v) is 3.84. The number of hydrogen-bond donors (Lipinski definition) is 2. The lowest BCUT2D eigenvalue weighted by molar-refractivity contribution is -0.123. The molecule has 1 aliphatic carbocycles. The van der Waals surface area contributed by atoms with Crippen molar-refractivity contribution in [3.63, 3.8) is 0 Å². The molecule has 31 heavy (non-hydrogen) atoms. The van der Waals surface area contributed by atoms with Crippen molar-refractivity contribution in [2.24, 2.45) is 0 Å². The molecule has 0 atom stereocenters. The summed E-state index contributed by atoms with van der Waals surface area (Å²) in [6.07, 6.45) is 2.80. The van der Waals surface area contributed by atoms with Crippen molar-refractivity contribution in [1.29, 1.82) is 0 Å². The van der Waals surface area contributed by atoms with Gasteiger partial charge in [-0.1, -0.05) is 35.9 Å². The number of rotatable bonds is 9. The van der Waals surface area contributed by atoms with E-state index in [9.17, 15) is 9.59 Å². The second kappa shape index (κ2) is 9.94. The van der Waals surface area contributed by atoms with Crippen LogP contribution in [-0.2, 0) is 11.2 Å². The number of nitrogens with zero attached hydrogens (tertiary/aromatic N) is 1. The van der Waals surface area contributed by atoms with Crippen LogP contribution in [0.5, 0.6) is 5.75 Å². The van der Waals surface area contributed by atoms with E-state index in [1.54, 1.807) is 17.5 Å². The van der Waals surface area contributed by atoms with Gasteiger partial charge in [-0.05, 0) is 49.1 Å². The lowest BCUT2D eigenvalue weighted by Crippen LogP contribution is -2.30. The SMILES string of the molecule is O=C(COc1ccc(CCNC(=O)c2csc(-c3ccc(Cl)cc3)n2)cc1)NC1CC1. The van der Waals surface area contributed by atoms with Gasteiger partial charge in [-0.2, -0.15) is 0 Å². The molecule has 0 aliphatic heterocycles. The summed E-state index contributed by atoms with van der Waals surface area (Å²) in [5, 5.41) is 8.99. The highest BCUT2D eigenvalue weighted by Crippen LogP contribution is 2.25. The predicted molar refractivity (Wildman–Crippen MR) is 122 cm³/mol. The van der Waals surface area contributed by atoms with E-state index in [1.807, 2.05) is 36.4 Å². The molecule has 0 bridgehead atoms. The molecule has 0 radical (unpaired) electrons. The summed E-state index contributed by atoms with van der Waals surface area (Å²) in [6.45, 7) is 0.522. The zero-order chi connectivity index (χ0) is 21.6. The van der Waals surface area contributed by atoms with Crippen LogP contribution in [0.1, 0.15) is 28.9 Å². The number of hydrogen-bond acceptors (Lipinski definition) is 5. The minimum atomic E-state index is -0.196. The van der Waals surface area contributed by atoms with Crippen LogP contribution in [0.15, 0.2) is 53.9 Å². The van der Waals surface area contributed by atoms with Crippen LogP contribution in [0.3, 0.4) is 0 Å². The zero-order valence-electron chi connectivity index (χ0n) is 16.8. The molecule has 1 fully saturated rings. The number of benzene rings is 2. The van der Waals surface area contributed by atoms with Crippen LogP contribution in [0.2, 0.25) is 5.02 Å². The molecule has 0 spiro atoms. The highest BCUT2D eigenvalue weighted by Gasteiger charge is 2.23. The molecule has 8 heteroatoms. The molecule has 1 heterocycles. The smallest absolute Gasteiger partial charge is 0.270 e. The van der Waals surface area contributed by atoms with E-state index in [2.05, 4.69) is 15.6 Å². The van der Waals surface area contributed by atoms with Crippen molar-refractivity contribution >= 4 is 34.8 Å². The average Bonchev–Trinajstić information content (AvgIpc) is 3.45. The fraction of sp³-hybridized carbons (Fsp3) is 0.261. The minimum absolute atomic E-state index is 0.0254. The maximum absolute atomic E-state index is 12.4. The summed E-state index contributed by atoms with van der Waals surface area (Å²) in [6, 6.07) is 15.2. The lowest BCUT2D eigenvalue weighted by atomic mass is 10.1. The third-order valence-corrected chi connectivity index (χ3v) is 5.91. The molecule has 4 rings (SSSR count). The zero-order valence-corrected chi connectivity index (χ0v) is 18.3. The molecule has 1 saturated carbocycles. The van der Waals surface area contributed by atoms with Crippen molar-refractivity contribution in [2.75, 3.05) is 13.2 Å². The Kier molecular flexibility index (Phi) is 6.84. The van der Waals surface area contributed by atoms with Crippen LogP contribution in [0.4, 0.5) is 0 Å². The summed E-state index contributed by atoms with van der Waals surface area (Å²) in [5.74, 6) is 0.365. The molecule has 1 aliphatic rings. The third-order valence-electron chi connectivity index (χ3n) is 4.76. The topological polar surface area (TPSA) is 80.3 Å². The number of thiazole rings is 1. The monoisotopic (exact) mass is 455 g/mol. The third kappa shape index (κ3) is 6.29. The largest absolute Gasteiger partial charge is 0.484 e. The van der Waals surface area contributed by atoms with Gasteiger partial charge in [0.2, 0.25) is 0 Å². The van der Waals surface area contributed by atoms with Crippen molar-refractivity contribution in [3.05, 3.63) is 70.2 Å². The van der Waals surface area contributed by atoms with Crippen molar-refractivity contribution < 1.29 is 14.3 Å². The van der Waals surface area contributed by atoms with E-state index in [0.717, 1.165) is 29.0 Å². The summed E-state index contributed by atoms with van der Waals surface area (Å²) < 4.78 is 5.50. The van der Waals surface area contributed by atoms with Crippen LogP contribution in [0.25, 0.3) is 10.6 Å². The Labute approximate surface area is 189 Å². The Hall–Kier alpha value is -2.90. The number of nitrogens with one attached hydrogen (secondary N) is 2. The van der Waals surface area contributed by atoms with E-state index in [0.29, 0.717) is 35.5 Å². The Morgan fingerprint density at radius 2 is 1.84 bits per heavy atom. The first-order valence-corrected chi connectivity index (χ1v) is 11.3. The number of ether oxygens (including phenoxy) is 1. The average molecular weight is 456 g/mol. The van der Waals surface area contributed by atoms with Gasteiger partial charge in [0.1, 0.15) is 16.5 Å². The van der Waals surface area contributed by atoms with Gasteiger partial charge in [0, 0.05) is 28.6 Å². The van der Waals surface area contributed by atoms with Crippen LogP contribution >= 0.6 is 22.9 Å². The van der Waals surface area contributed by atoms with Gasteiger partial charge in [-0.3, -0.25) is 9.59 Å². The maximum atomic E-state index is 12.4. The van der Waals surface area contributed by atoms with E-state index in [1.165, 1.54) is 11.3 Å². The Morgan fingerprint density at radius 3 is 2.55 bits per heavy atom. The summed E-state index contributed by atoms with van der Waals surface area (Å²) >= 11 is 7.34. The molecule has 2 aromatic carbocycles. The summed E-state index contributed by atoms with van der Waals surface area (Å²) in [5.41, 5.74) is 2.40.